The minimum Gasteiger partial charge on any atom is -0.512 e. The molecule has 0 saturated carbocycles. The van der Waals surface area contributed by atoms with E-state index in [1.165, 1.54) is 6.92 Å². The van der Waals surface area contributed by atoms with Crippen LogP contribution in [0.3, 0.4) is 0 Å². The molecule has 1 unspecified atom stereocenters. The number of aliphatic hydroxyl groups excluding tert-OH is 2. The molecule has 32 heavy (non-hydrogen) atoms. The Balaban J connectivity index is 1.84. The van der Waals surface area contributed by atoms with Crippen LogP contribution in [0.4, 0.5) is 0 Å². The van der Waals surface area contributed by atoms with Crippen molar-refractivity contribution in [3.8, 4) is 11.3 Å². The number of carbonyl (C=O) groups is 1. The number of furan rings is 1. The minimum atomic E-state index is -0.872. The number of aliphatic hydroxyl groups is 2. The fourth-order valence-corrected chi connectivity index (χ4v) is 3.93. The number of hydrogen-bond acceptors (Lipinski definition) is 7. The summed E-state index contributed by atoms with van der Waals surface area (Å²) in [6, 6.07) is 5.37. The van der Waals surface area contributed by atoms with Gasteiger partial charge in [-0.1, -0.05) is 6.08 Å². The van der Waals surface area contributed by atoms with Crippen LogP contribution in [0.15, 0.2) is 46.8 Å². The second-order valence-corrected chi connectivity index (χ2v) is 7.61. The van der Waals surface area contributed by atoms with Gasteiger partial charge in [-0.3, -0.25) is 0 Å². The first kappa shape index (κ1) is 21.9. The summed E-state index contributed by atoms with van der Waals surface area (Å²) < 4.78 is 18.4. The van der Waals surface area contributed by atoms with Crippen molar-refractivity contribution in [2.24, 2.45) is 0 Å². The maximum Gasteiger partial charge on any atom is 0.342 e. The van der Waals surface area contributed by atoms with Crippen LogP contribution in [0.5, 0.6) is 0 Å². The molecule has 0 aliphatic carbocycles. The lowest BCUT2D eigenvalue weighted by Crippen LogP contribution is -2.09. The Bertz CT molecular complexity index is 1210. The van der Waals surface area contributed by atoms with Gasteiger partial charge in [0.25, 0.3) is 0 Å². The summed E-state index contributed by atoms with van der Waals surface area (Å²) in [6.07, 6.45) is 5.05. The first-order valence-corrected chi connectivity index (χ1v) is 10.5. The maximum atomic E-state index is 12.6. The van der Waals surface area contributed by atoms with Gasteiger partial charge >= 0.3 is 5.97 Å². The van der Waals surface area contributed by atoms with Gasteiger partial charge in [-0.25, -0.2) is 9.31 Å². The van der Waals surface area contributed by atoms with Crippen LogP contribution >= 0.6 is 0 Å². The zero-order valence-corrected chi connectivity index (χ0v) is 18.3. The molecule has 3 aromatic heterocycles. The molecule has 1 aliphatic heterocycles. The molecule has 1 atom stereocenters. The van der Waals surface area contributed by atoms with E-state index in [0.29, 0.717) is 53.4 Å². The Morgan fingerprint density at radius 2 is 2.16 bits per heavy atom. The Morgan fingerprint density at radius 1 is 1.34 bits per heavy atom. The lowest BCUT2D eigenvalue weighted by Gasteiger charge is -2.12. The largest absolute Gasteiger partial charge is 0.512 e. The first-order valence-electron chi connectivity index (χ1n) is 10.5. The molecule has 0 radical (unpaired) electrons. The van der Waals surface area contributed by atoms with Gasteiger partial charge < -0.3 is 24.1 Å². The van der Waals surface area contributed by atoms with E-state index >= 15 is 0 Å². The number of fused-ring (bicyclic) bond motifs is 1. The number of rotatable bonds is 6. The SMILES string of the molecule is CCOC(=O)c1cc(-c2ccn3ncc(/C(=C(\C)O)C(C)O)c3c2)oc1C1=CCOCC1. The van der Waals surface area contributed by atoms with E-state index in [2.05, 4.69) is 5.10 Å². The van der Waals surface area contributed by atoms with Gasteiger partial charge in [0.05, 0.1) is 43.4 Å². The third-order valence-electron chi connectivity index (χ3n) is 5.39. The number of ether oxygens (including phenoxy) is 2. The third-order valence-corrected chi connectivity index (χ3v) is 5.39. The number of aromatic nitrogens is 2. The Kier molecular flexibility index (Phi) is 6.16. The van der Waals surface area contributed by atoms with E-state index < -0.39 is 12.1 Å². The van der Waals surface area contributed by atoms with Crippen molar-refractivity contribution < 1.29 is 28.9 Å². The highest BCUT2D eigenvalue weighted by Gasteiger charge is 2.24. The summed E-state index contributed by atoms with van der Waals surface area (Å²) in [4.78, 5) is 12.6. The highest BCUT2D eigenvalue weighted by molar-refractivity contribution is 5.96. The van der Waals surface area contributed by atoms with Crippen molar-refractivity contribution in [2.75, 3.05) is 19.8 Å². The standard InChI is InChI=1S/C24H26N2O6/c1-4-31-24(29)18-12-21(32-23(18)16-6-9-30-10-7-16)17-5-8-26-20(11-17)19(13-25-26)22(14(2)27)15(3)28/h5-6,8,11-14,27-28H,4,7,9-10H2,1-3H3/b22-15+. The third kappa shape index (κ3) is 4.06. The predicted octanol–water partition coefficient (Wildman–Crippen LogP) is 4.24. The van der Waals surface area contributed by atoms with Crippen molar-refractivity contribution in [2.45, 2.75) is 33.3 Å². The van der Waals surface area contributed by atoms with Gasteiger partial charge in [0.1, 0.15) is 17.1 Å². The first-order chi connectivity index (χ1) is 15.4. The number of esters is 1. The molecule has 1 aliphatic rings. The number of allylic oxidation sites excluding steroid dienone is 1. The summed E-state index contributed by atoms with van der Waals surface area (Å²) in [7, 11) is 0. The zero-order valence-electron chi connectivity index (χ0n) is 18.3. The molecular formula is C24H26N2O6. The topological polar surface area (TPSA) is 106 Å². The van der Waals surface area contributed by atoms with Crippen molar-refractivity contribution >= 4 is 22.6 Å². The van der Waals surface area contributed by atoms with Crippen molar-refractivity contribution in [3.63, 3.8) is 0 Å². The molecule has 3 aromatic rings. The minimum absolute atomic E-state index is 0.0247. The molecule has 4 rings (SSSR count). The maximum absolute atomic E-state index is 12.6. The number of pyridine rings is 1. The quantitative estimate of drug-likeness (QED) is 0.438. The normalized spacial score (nSPS) is 15.9. The lowest BCUT2D eigenvalue weighted by molar-refractivity contribution is 0.0524. The van der Waals surface area contributed by atoms with Crippen LogP contribution in [0.2, 0.25) is 0 Å². The zero-order chi connectivity index (χ0) is 22.8. The van der Waals surface area contributed by atoms with Crippen LogP contribution in [-0.4, -0.2) is 51.7 Å². The van der Waals surface area contributed by atoms with Gasteiger partial charge in [0.2, 0.25) is 0 Å². The molecule has 0 fully saturated rings. The van der Waals surface area contributed by atoms with Crippen LogP contribution in [0.25, 0.3) is 28.0 Å². The average molecular weight is 438 g/mol. The molecule has 0 amide bonds. The van der Waals surface area contributed by atoms with E-state index in [1.54, 1.807) is 36.8 Å². The van der Waals surface area contributed by atoms with E-state index in [4.69, 9.17) is 13.9 Å². The molecule has 0 aromatic carbocycles. The van der Waals surface area contributed by atoms with Crippen LogP contribution in [-0.2, 0) is 9.47 Å². The molecule has 0 saturated heterocycles. The molecule has 8 nitrogen and oxygen atoms in total. The molecular weight excluding hydrogens is 412 g/mol. The molecule has 8 heteroatoms. The second kappa shape index (κ2) is 9.02. The summed E-state index contributed by atoms with van der Waals surface area (Å²) >= 11 is 0. The number of nitrogens with zero attached hydrogens (tertiary/aromatic N) is 2. The van der Waals surface area contributed by atoms with Crippen LogP contribution in [0, 0.1) is 0 Å². The second-order valence-electron chi connectivity index (χ2n) is 7.61. The Hall–Kier alpha value is -3.36. The molecule has 2 N–H and O–H groups in total. The summed E-state index contributed by atoms with van der Waals surface area (Å²) in [6.45, 7) is 6.17. The lowest BCUT2D eigenvalue weighted by atomic mass is 10.0. The number of carbonyl (C=O) groups excluding carboxylic acids is 1. The molecule has 0 bridgehead atoms. The van der Waals surface area contributed by atoms with Gasteiger partial charge in [-0.15, -0.1) is 0 Å². The molecule has 4 heterocycles. The predicted molar refractivity (Wildman–Crippen MR) is 119 cm³/mol. The monoisotopic (exact) mass is 438 g/mol. The fourth-order valence-electron chi connectivity index (χ4n) is 3.93. The fraction of sp³-hybridized carbons (Fsp3) is 0.333. The van der Waals surface area contributed by atoms with Gasteiger partial charge in [-0.05, 0) is 51.0 Å². The van der Waals surface area contributed by atoms with E-state index in [0.717, 1.165) is 11.1 Å². The smallest absolute Gasteiger partial charge is 0.342 e. The van der Waals surface area contributed by atoms with E-state index in [1.807, 2.05) is 18.2 Å². The van der Waals surface area contributed by atoms with Gasteiger partial charge in [0, 0.05) is 22.9 Å². The van der Waals surface area contributed by atoms with Crippen molar-refractivity contribution in [1.29, 1.82) is 0 Å². The van der Waals surface area contributed by atoms with Crippen LogP contribution < -0.4 is 0 Å². The molecule has 0 spiro atoms. The van der Waals surface area contributed by atoms with E-state index in [-0.39, 0.29) is 12.4 Å². The highest BCUT2D eigenvalue weighted by Crippen LogP contribution is 2.34. The highest BCUT2D eigenvalue weighted by atomic mass is 16.5. The Morgan fingerprint density at radius 3 is 2.81 bits per heavy atom. The van der Waals surface area contributed by atoms with Crippen molar-refractivity contribution in [1.82, 2.24) is 9.61 Å². The van der Waals surface area contributed by atoms with Gasteiger partial charge in [-0.2, -0.15) is 5.10 Å². The summed E-state index contributed by atoms with van der Waals surface area (Å²) in [5.74, 6) is 0.586. The van der Waals surface area contributed by atoms with Crippen molar-refractivity contribution in [3.05, 3.63) is 59.3 Å². The number of hydrogen-bond donors (Lipinski definition) is 2. The van der Waals surface area contributed by atoms with E-state index in [9.17, 15) is 15.0 Å². The van der Waals surface area contributed by atoms with Crippen LogP contribution in [0.1, 0.15) is 48.9 Å². The molecule has 168 valence electrons. The summed E-state index contributed by atoms with van der Waals surface area (Å²) in [5, 5.41) is 24.6. The summed E-state index contributed by atoms with van der Waals surface area (Å²) in [5.41, 5.74) is 3.71. The Labute approximate surface area is 185 Å². The average Bonchev–Trinajstić information content (AvgIpc) is 3.39. The van der Waals surface area contributed by atoms with Gasteiger partial charge in [0.15, 0.2) is 0 Å².